The second-order valence-corrected chi connectivity index (χ2v) is 8.75. The number of hydrogen-bond donors (Lipinski definition) is 6. The van der Waals surface area contributed by atoms with Gasteiger partial charge in [0, 0.05) is 0 Å². The third kappa shape index (κ3) is 4.50. The Kier molecular flexibility index (Phi) is 5.80. The fraction of sp³-hybridized carbons (Fsp3) is 0.500. The first-order valence-corrected chi connectivity index (χ1v) is 10.7. The SMILES string of the molecule is Nc1nc(Cl)nc2c1ncn2C1OC(COP(=O)(O)OP(=O)(O)O)C(O)C1O. The molecule has 0 aliphatic carbocycles. The summed E-state index contributed by atoms with van der Waals surface area (Å²) in [6, 6.07) is 0. The zero-order chi connectivity index (χ0) is 20.9. The third-order valence-corrected chi connectivity index (χ3v) is 5.96. The smallest absolute Gasteiger partial charge is 0.387 e. The largest absolute Gasteiger partial charge is 0.481 e. The average Bonchev–Trinajstić information content (AvgIpc) is 3.06. The van der Waals surface area contributed by atoms with Gasteiger partial charge in [-0.25, -0.2) is 14.1 Å². The van der Waals surface area contributed by atoms with Crippen LogP contribution in [0, 0.1) is 0 Å². The topological polar surface area (TPSA) is 233 Å². The van der Waals surface area contributed by atoms with Gasteiger partial charge in [-0.2, -0.15) is 14.3 Å². The molecule has 156 valence electrons. The first-order valence-electron chi connectivity index (χ1n) is 7.29. The highest BCUT2D eigenvalue weighted by Gasteiger charge is 2.46. The van der Waals surface area contributed by atoms with Crippen LogP contribution in [-0.2, 0) is 22.7 Å². The Bertz CT molecular complexity index is 983. The van der Waals surface area contributed by atoms with Crippen LogP contribution in [-0.4, -0.2) is 69.3 Å². The Morgan fingerprint density at radius 1 is 1.25 bits per heavy atom. The van der Waals surface area contributed by atoms with E-state index in [1.807, 2.05) is 0 Å². The van der Waals surface area contributed by atoms with Crippen molar-refractivity contribution < 1.29 is 47.6 Å². The Morgan fingerprint density at radius 3 is 2.57 bits per heavy atom. The van der Waals surface area contributed by atoms with E-state index in [0.29, 0.717) is 0 Å². The minimum absolute atomic E-state index is 0.0301. The van der Waals surface area contributed by atoms with Gasteiger partial charge in [-0.15, -0.1) is 0 Å². The van der Waals surface area contributed by atoms with E-state index in [4.69, 9.17) is 31.9 Å². The summed E-state index contributed by atoms with van der Waals surface area (Å²) in [7, 11) is -10.5. The monoisotopic (exact) mass is 461 g/mol. The molecular weight excluding hydrogens is 448 g/mol. The van der Waals surface area contributed by atoms with Crippen LogP contribution in [0.5, 0.6) is 0 Å². The van der Waals surface area contributed by atoms with Crippen LogP contribution >= 0.6 is 27.2 Å². The number of aliphatic hydroxyl groups is 2. The van der Waals surface area contributed by atoms with E-state index >= 15 is 0 Å². The van der Waals surface area contributed by atoms with Crippen molar-refractivity contribution in [2.45, 2.75) is 24.5 Å². The summed E-state index contributed by atoms with van der Waals surface area (Å²) in [5.74, 6) is -0.0301. The minimum Gasteiger partial charge on any atom is -0.387 e. The number of nitrogens with zero attached hydrogens (tertiary/aromatic N) is 4. The summed E-state index contributed by atoms with van der Waals surface area (Å²) in [6.07, 6.45) is -4.59. The summed E-state index contributed by atoms with van der Waals surface area (Å²) in [6.45, 7) is -0.840. The van der Waals surface area contributed by atoms with Crippen LogP contribution in [0.1, 0.15) is 6.23 Å². The van der Waals surface area contributed by atoms with E-state index in [1.165, 1.54) is 10.9 Å². The van der Waals surface area contributed by atoms with Gasteiger partial charge in [-0.3, -0.25) is 9.09 Å². The number of rotatable bonds is 6. The van der Waals surface area contributed by atoms with Crippen molar-refractivity contribution in [3.8, 4) is 0 Å². The predicted octanol–water partition coefficient (Wildman–Crippen LogP) is -1.09. The van der Waals surface area contributed by atoms with Gasteiger partial charge < -0.3 is 35.4 Å². The summed E-state index contributed by atoms with van der Waals surface area (Å²) in [5.41, 5.74) is 5.93. The molecule has 28 heavy (non-hydrogen) atoms. The molecule has 1 aliphatic rings. The summed E-state index contributed by atoms with van der Waals surface area (Å²) < 4.78 is 36.8. The van der Waals surface area contributed by atoms with E-state index in [2.05, 4.69) is 23.8 Å². The molecule has 0 amide bonds. The Labute approximate surface area is 160 Å². The summed E-state index contributed by atoms with van der Waals surface area (Å²) >= 11 is 5.75. The molecule has 7 N–H and O–H groups in total. The highest BCUT2D eigenvalue weighted by molar-refractivity contribution is 7.60. The summed E-state index contributed by atoms with van der Waals surface area (Å²) in [5, 5.41) is 20.1. The van der Waals surface area contributed by atoms with E-state index in [-0.39, 0.29) is 22.3 Å². The second kappa shape index (κ2) is 7.55. The van der Waals surface area contributed by atoms with E-state index in [0.717, 1.165) is 0 Å². The van der Waals surface area contributed by atoms with E-state index in [1.54, 1.807) is 0 Å². The third-order valence-electron chi connectivity index (χ3n) is 3.64. The number of phosphoric ester groups is 1. The van der Waals surface area contributed by atoms with E-state index in [9.17, 15) is 24.2 Å². The predicted molar refractivity (Wildman–Crippen MR) is 89.6 cm³/mol. The van der Waals surface area contributed by atoms with Crippen molar-refractivity contribution in [3.63, 3.8) is 0 Å². The molecule has 0 spiro atoms. The lowest BCUT2D eigenvalue weighted by Gasteiger charge is -2.17. The average molecular weight is 462 g/mol. The summed E-state index contributed by atoms with van der Waals surface area (Å²) in [4.78, 5) is 38.0. The van der Waals surface area contributed by atoms with Crippen molar-refractivity contribution in [2.24, 2.45) is 0 Å². The van der Waals surface area contributed by atoms with Crippen LogP contribution in [0.15, 0.2) is 6.33 Å². The molecule has 3 heterocycles. The molecule has 0 bridgehead atoms. The van der Waals surface area contributed by atoms with Crippen LogP contribution < -0.4 is 5.73 Å². The second-order valence-electron chi connectivity index (χ2n) is 5.58. The van der Waals surface area contributed by atoms with Gasteiger partial charge in [-0.05, 0) is 11.6 Å². The number of fused-ring (bicyclic) bond motifs is 1. The number of nitrogens with two attached hydrogens (primary N) is 1. The van der Waals surface area contributed by atoms with E-state index < -0.39 is 46.8 Å². The zero-order valence-electron chi connectivity index (χ0n) is 13.5. The van der Waals surface area contributed by atoms with Crippen LogP contribution in [0.25, 0.3) is 11.2 Å². The molecule has 0 aromatic carbocycles. The zero-order valence-corrected chi connectivity index (χ0v) is 16.1. The Balaban J connectivity index is 1.78. The first-order chi connectivity index (χ1) is 12.9. The quantitative estimate of drug-likeness (QED) is 0.221. The molecule has 5 unspecified atom stereocenters. The molecule has 3 rings (SSSR count). The number of ether oxygens (including phenoxy) is 1. The van der Waals surface area contributed by atoms with Gasteiger partial charge in [0.1, 0.15) is 23.8 Å². The number of aliphatic hydroxyl groups excluding tert-OH is 2. The normalized spacial score (nSPS) is 27.9. The van der Waals surface area contributed by atoms with Gasteiger partial charge in [-0.1, -0.05) is 0 Å². The molecule has 1 saturated heterocycles. The molecule has 0 saturated carbocycles. The van der Waals surface area contributed by atoms with Crippen molar-refractivity contribution in [1.29, 1.82) is 0 Å². The lowest BCUT2D eigenvalue weighted by atomic mass is 10.1. The maximum Gasteiger partial charge on any atom is 0.481 e. The lowest BCUT2D eigenvalue weighted by molar-refractivity contribution is -0.0503. The van der Waals surface area contributed by atoms with Crippen LogP contribution in [0.4, 0.5) is 5.82 Å². The molecule has 15 nitrogen and oxygen atoms in total. The maximum atomic E-state index is 11.5. The number of halogens is 1. The van der Waals surface area contributed by atoms with Gasteiger partial charge in [0.15, 0.2) is 17.7 Å². The van der Waals surface area contributed by atoms with Crippen molar-refractivity contribution in [2.75, 3.05) is 12.3 Å². The van der Waals surface area contributed by atoms with Crippen molar-refractivity contribution >= 4 is 44.2 Å². The number of phosphoric acid groups is 2. The fourth-order valence-corrected chi connectivity index (χ4v) is 4.29. The maximum absolute atomic E-state index is 11.5. The fourth-order valence-electron chi connectivity index (χ4n) is 2.52. The standard InChI is InChI=1S/C10H14ClN5O10P2/c11-10-14-7(12)4-8(15-10)16(2-13-4)9-6(18)5(17)3(25-9)1-24-28(22,23)26-27(19,20)21/h2-3,5-6,9,17-18H,1H2,(H,22,23)(H2,12,14,15)(H2,19,20,21). The first kappa shape index (κ1) is 21.5. The number of aromatic nitrogens is 4. The highest BCUT2D eigenvalue weighted by Crippen LogP contribution is 2.57. The molecule has 1 fully saturated rings. The van der Waals surface area contributed by atoms with Crippen molar-refractivity contribution in [3.05, 3.63) is 11.6 Å². The number of hydrogen-bond acceptors (Lipinski definition) is 11. The highest BCUT2D eigenvalue weighted by atomic mass is 35.5. The molecule has 2 aromatic rings. The Morgan fingerprint density at radius 2 is 1.93 bits per heavy atom. The molecule has 5 atom stereocenters. The van der Waals surface area contributed by atoms with Crippen LogP contribution in [0.3, 0.4) is 0 Å². The molecule has 18 heteroatoms. The number of anilines is 1. The molecule has 0 radical (unpaired) electrons. The molecule has 2 aromatic heterocycles. The lowest BCUT2D eigenvalue weighted by Crippen LogP contribution is -2.33. The van der Waals surface area contributed by atoms with Crippen molar-refractivity contribution in [1.82, 2.24) is 19.5 Å². The van der Waals surface area contributed by atoms with Gasteiger partial charge >= 0.3 is 15.6 Å². The molecule has 1 aliphatic heterocycles. The van der Waals surface area contributed by atoms with Gasteiger partial charge in [0.05, 0.1) is 12.9 Å². The molecular formula is C10H14ClN5O10P2. The number of nitrogen functional groups attached to an aromatic ring is 1. The minimum atomic E-state index is -5.31. The van der Waals surface area contributed by atoms with Gasteiger partial charge in [0.25, 0.3) is 0 Å². The number of imidazole rings is 1. The van der Waals surface area contributed by atoms with Crippen LogP contribution in [0.2, 0.25) is 5.28 Å². The van der Waals surface area contributed by atoms with Gasteiger partial charge in [0.2, 0.25) is 5.28 Å². The Hall–Kier alpha value is -1.22.